The zero-order valence-electron chi connectivity index (χ0n) is 7.37. The van der Waals surface area contributed by atoms with Crippen LogP contribution >= 0.6 is 0 Å². The summed E-state index contributed by atoms with van der Waals surface area (Å²) >= 11 is 0. The predicted molar refractivity (Wildman–Crippen MR) is 41.5 cm³/mol. The van der Waals surface area contributed by atoms with Crippen molar-refractivity contribution in [2.24, 2.45) is 0 Å². The first-order chi connectivity index (χ1) is 5.67. The molecule has 1 rings (SSSR count). The van der Waals surface area contributed by atoms with Crippen molar-refractivity contribution in [1.82, 2.24) is 0 Å². The van der Waals surface area contributed by atoms with E-state index in [4.69, 9.17) is 14.9 Å². The molecule has 0 saturated carbocycles. The van der Waals surface area contributed by atoms with Gasteiger partial charge in [0.25, 0.3) is 0 Å². The first-order valence-electron chi connectivity index (χ1n) is 4.25. The lowest BCUT2D eigenvalue weighted by molar-refractivity contribution is -0.498. The van der Waals surface area contributed by atoms with Gasteiger partial charge in [0.05, 0.1) is 0 Å². The molecule has 0 aromatic carbocycles. The van der Waals surface area contributed by atoms with Gasteiger partial charge >= 0.3 is 5.97 Å². The van der Waals surface area contributed by atoms with Gasteiger partial charge in [0.15, 0.2) is 0 Å². The molecule has 1 saturated heterocycles. The van der Waals surface area contributed by atoms with E-state index in [2.05, 4.69) is 0 Å². The minimum atomic E-state index is -1.07. The predicted octanol–water partition coefficient (Wildman–Crippen LogP) is 1.35. The van der Waals surface area contributed by atoms with Gasteiger partial charge in [-0.2, -0.15) is 0 Å². The fourth-order valence-corrected chi connectivity index (χ4v) is 1.39. The monoisotopic (exact) mass is 174 g/mol. The van der Waals surface area contributed by atoms with Gasteiger partial charge in [-0.1, -0.05) is 20.3 Å². The van der Waals surface area contributed by atoms with Gasteiger partial charge in [0, 0.05) is 0 Å². The molecule has 0 radical (unpaired) electrons. The van der Waals surface area contributed by atoms with Crippen molar-refractivity contribution in [1.29, 1.82) is 0 Å². The van der Waals surface area contributed by atoms with Crippen LogP contribution in [0.25, 0.3) is 0 Å². The van der Waals surface area contributed by atoms with Gasteiger partial charge in [-0.3, -0.25) is 0 Å². The van der Waals surface area contributed by atoms with Crippen LogP contribution in [0, 0.1) is 0 Å². The van der Waals surface area contributed by atoms with Crippen LogP contribution < -0.4 is 0 Å². The summed E-state index contributed by atoms with van der Waals surface area (Å²) in [5, 5.41) is 8.88. The lowest BCUT2D eigenvalue weighted by Crippen LogP contribution is -2.61. The maximum atomic E-state index is 10.8. The minimum Gasteiger partial charge on any atom is -0.479 e. The lowest BCUT2D eigenvalue weighted by atomic mass is 9.89. The molecule has 0 aliphatic carbocycles. The second-order valence-electron chi connectivity index (χ2n) is 3.01. The third-order valence-electron chi connectivity index (χ3n) is 2.27. The van der Waals surface area contributed by atoms with Crippen LogP contribution in [0.2, 0.25) is 0 Å². The summed E-state index contributed by atoms with van der Waals surface area (Å²) in [6, 6.07) is 0. The van der Waals surface area contributed by atoms with Gasteiger partial charge in [-0.25, -0.2) is 14.6 Å². The minimum absolute atomic E-state index is 0.273. The Labute approximate surface area is 71.4 Å². The Kier molecular flexibility index (Phi) is 2.69. The van der Waals surface area contributed by atoms with Crippen molar-refractivity contribution in [3.05, 3.63) is 0 Å². The molecule has 2 atom stereocenters. The number of carboxylic acids is 1. The van der Waals surface area contributed by atoms with Crippen molar-refractivity contribution < 1.29 is 19.7 Å². The van der Waals surface area contributed by atoms with Crippen molar-refractivity contribution >= 4 is 5.97 Å². The second kappa shape index (κ2) is 3.41. The molecule has 1 fully saturated rings. The Morgan fingerprint density at radius 2 is 2.25 bits per heavy atom. The number of rotatable bonds is 4. The highest BCUT2D eigenvalue weighted by molar-refractivity contribution is 5.78. The molecule has 0 spiro atoms. The quantitative estimate of drug-likeness (QED) is 0.653. The van der Waals surface area contributed by atoms with E-state index in [9.17, 15) is 4.79 Å². The number of aliphatic carboxylic acids is 1. The molecule has 4 heteroatoms. The highest BCUT2D eigenvalue weighted by atomic mass is 17.3. The molecular weight excluding hydrogens is 160 g/mol. The summed E-state index contributed by atoms with van der Waals surface area (Å²) < 4.78 is 0. The van der Waals surface area contributed by atoms with Crippen molar-refractivity contribution in [2.45, 2.75) is 44.8 Å². The summed E-state index contributed by atoms with van der Waals surface area (Å²) in [5.41, 5.74) is -1.07. The SMILES string of the molecule is CCCC1OOC1(CC)C(=O)O. The van der Waals surface area contributed by atoms with E-state index in [1.807, 2.05) is 6.92 Å². The molecule has 2 unspecified atom stereocenters. The summed E-state index contributed by atoms with van der Waals surface area (Å²) in [6.45, 7) is 3.78. The van der Waals surface area contributed by atoms with Gasteiger partial charge < -0.3 is 5.11 Å². The highest BCUT2D eigenvalue weighted by Gasteiger charge is 2.56. The summed E-state index contributed by atoms with van der Waals surface area (Å²) in [6.07, 6.45) is 1.82. The molecule has 0 amide bonds. The van der Waals surface area contributed by atoms with E-state index in [-0.39, 0.29) is 6.10 Å². The zero-order chi connectivity index (χ0) is 9.19. The molecule has 12 heavy (non-hydrogen) atoms. The van der Waals surface area contributed by atoms with E-state index in [0.29, 0.717) is 6.42 Å². The average molecular weight is 174 g/mol. The first kappa shape index (κ1) is 9.48. The van der Waals surface area contributed by atoms with Crippen molar-refractivity contribution in [3.8, 4) is 0 Å². The molecule has 0 aromatic rings. The van der Waals surface area contributed by atoms with E-state index < -0.39 is 11.6 Å². The highest BCUT2D eigenvalue weighted by Crippen LogP contribution is 2.36. The maximum absolute atomic E-state index is 10.8. The largest absolute Gasteiger partial charge is 0.479 e. The Morgan fingerprint density at radius 1 is 1.58 bits per heavy atom. The van der Waals surface area contributed by atoms with Gasteiger partial charge in [-0.05, 0) is 12.8 Å². The maximum Gasteiger partial charge on any atom is 0.342 e. The van der Waals surface area contributed by atoms with Crippen LogP contribution in [0.15, 0.2) is 0 Å². The molecule has 1 aliphatic heterocycles. The normalized spacial score (nSPS) is 34.3. The van der Waals surface area contributed by atoms with E-state index in [1.165, 1.54) is 0 Å². The van der Waals surface area contributed by atoms with Crippen LogP contribution in [-0.4, -0.2) is 22.8 Å². The number of carboxylic acid groups (broad SMARTS) is 1. The molecule has 70 valence electrons. The van der Waals surface area contributed by atoms with Crippen molar-refractivity contribution in [3.63, 3.8) is 0 Å². The fraction of sp³-hybridized carbons (Fsp3) is 0.875. The average Bonchev–Trinajstić information content (AvgIpc) is 1.99. The molecule has 1 aliphatic rings. The number of hydrogen-bond acceptors (Lipinski definition) is 3. The molecule has 1 N–H and O–H groups in total. The van der Waals surface area contributed by atoms with Gasteiger partial charge in [-0.15, -0.1) is 0 Å². The second-order valence-corrected chi connectivity index (χ2v) is 3.01. The van der Waals surface area contributed by atoms with Crippen molar-refractivity contribution in [2.75, 3.05) is 0 Å². The van der Waals surface area contributed by atoms with Gasteiger partial charge in [0.1, 0.15) is 6.10 Å². The summed E-state index contributed by atoms with van der Waals surface area (Å²) in [4.78, 5) is 20.3. The Balaban J connectivity index is 2.62. The lowest BCUT2D eigenvalue weighted by Gasteiger charge is -2.42. The molecular formula is C8H14O4. The first-order valence-corrected chi connectivity index (χ1v) is 4.25. The summed E-state index contributed by atoms with van der Waals surface area (Å²) in [5.74, 6) is -0.922. The summed E-state index contributed by atoms with van der Waals surface area (Å²) in [7, 11) is 0. The standard InChI is InChI=1S/C8H14O4/c1-3-5-6-8(4-2,7(9)10)12-11-6/h6H,3-5H2,1-2H3,(H,9,10). The number of hydrogen-bond donors (Lipinski definition) is 1. The van der Waals surface area contributed by atoms with E-state index >= 15 is 0 Å². The van der Waals surface area contributed by atoms with E-state index in [1.54, 1.807) is 6.92 Å². The third kappa shape index (κ3) is 1.21. The third-order valence-corrected chi connectivity index (χ3v) is 2.27. The van der Waals surface area contributed by atoms with Crippen LogP contribution in [0.4, 0.5) is 0 Å². The topological polar surface area (TPSA) is 55.8 Å². The zero-order valence-corrected chi connectivity index (χ0v) is 7.37. The fourth-order valence-electron chi connectivity index (χ4n) is 1.39. The smallest absolute Gasteiger partial charge is 0.342 e. The van der Waals surface area contributed by atoms with E-state index in [0.717, 1.165) is 12.8 Å². The van der Waals surface area contributed by atoms with Crippen LogP contribution in [0.1, 0.15) is 33.1 Å². The Hall–Kier alpha value is -0.610. The molecule has 4 nitrogen and oxygen atoms in total. The molecule has 1 heterocycles. The van der Waals surface area contributed by atoms with Crippen LogP contribution in [0.3, 0.4) is 0 Å². The Morgan fingerprint density at radius 3 is 2.50 bits per heavy atom. The van der Waals surface area contributed by atoms with Gasteiger partial charge in [0.2, 0.25) is 5.60 Å². The molecule has 0 aromatic heterocycles. The van der Waals surface area contributed by atoms with Crippen LogP contribution in [-0.2, 0) is 14.6 Å². The molecule has 0 bridgehead atoms. The Bertz CT molecular complexity index is 176. The van der Waals surface area contributed by atoms with Crippen LogP contribution in [0.5, 0.6) is 0 Å². The number of carbonyl (C=O) groups is 1.